The molecule has 1 unspecified atom stereocenters. The number of halogens is 1. The van der Waals surface area contributed by atoms with Crippen LogP contribution in [0.4, 0.5) is 0 Å². The molecule has 0 aliphatic carbocycles. The Kier molecular flexibility index (Phi) is 4.23. The second kappa shape index (κ2) is 5.51. The molecule has 0 amide bonds. The third-order valence-electron chi connectivity index (χ3n) is 3.16. The Morgan fingerprint density at radius 2 is 2.35 bits per heavy atom. The van der Waals surface area contributed by atoms with E-state index < -0.39 is 0 Å². The van der Waals surface area contributed by atoms with Gasteiger partial charge in [0, 0.05) is 28.4 Å². The Hall–Kier alpha value is -0.380. The molecule has 0 bridgehead atoms. The topological polar surface area (TPSA) is 32.3 Å². The number of rotatable bonds is 4. The molecular formula is C13H18ClNOS. The summed E-state index contributed by atoms with van der Waals surface area (Å²) < 4.78 is 0.355. The van der Waals surface area contributed by atoms with Crippen LogP contribution in [-0.2, 0) is 6.54 Å². The van der Waals surface area contributed by atoms with Gasteiger partial charge in [-0.15, -0.1) is 0 Å². The fraction of sp³-hybridized carbons (Fsp3) is 0.538. The van der Waals surface area contributed by atoms with E-state index in [1.807, 2.05) is 17.8 Å². The first-order valence-corrected chi connectivity index (χ1v) is 7.27. The lowest BCUT2D eigenvalue weighted by Gasteiger charge is -2.23. The molecule has 2 nitrogen and oxygen atoms in total. The minimum atomic E-state index is 0.311. The highest BCUT2D eigenvalue weighted by atomic mass is 35.5. The fourth-order valence-corrected chi connectivity index (χ4v) is 3.60. The number of hydrogen-bond donors (Lipinski definition) is 2. The second-order valence-electron chi connectivity index (χ2n) is 4.78. The van der Waals surface area contributed by atoms with Crippen LogP contribution in [-0.4, -0.2) is 22.2 Å². The number of phenolic OH excluding ortho intramolecular Hbond substituents is 1. The van der Waals surface area contributed by atoms with Gasteiger partial charge in [0.2, 0.25) is 0 Å². The molecule has 17 heavy (non-hydrogen) atoms. The highest BCUT2D eigenvalue weighted by Gasteiger charge is 2.28. The van der Waals surface area contributed by atoms with Gasteiger partial charge in [-0.25, -0.2) is 0 Å². The lowest BCUT2D eigenvalue weighted by atomic mass is 10.1. The summed E-state index contributed by atoms with van der Waals surface area (Å²) in [5.41, 5.74) is 0.865. The van der Waals surface area contributed by atoms with Crippen LogP contribution in [0.15, 0.2) is 18.2 Å². The van der Waals surface area contributed by atoms with Crippen molar-refractivity contribution in [3.8, 4) is 5.75 Å². The normalized spacial score (nSPS) is 24.1. The van der Waals surface area contributed by atoms with Crippen molar-refractivity contribution >= 4 is 23.4 Å². The van der Waals surface area contributed by atoms with Crippen LogP contribution in [0.5, 0.6) is 5.75 Å². The number of hydrogen-bond acceptors (Lipinski definition) is 3. The van der Waals surface area contributed by atoms with Gasteiger partial charge in [0.1, 0.15) is 5.75 Å². The summed E-state index contributed by atoms with van der Waals surface area (Å²) in [6.45, 7) is 3.95. The van der Waals surface area contributed by atoms with E-state index in [1.165, 1.54) is 18.6 Å². The summed E-state index contributed by atoms with van der Waals surface area (Å²) in [4.78, 5) is 0. The maximum Gasteiger partial charge on any atom is 0.120 e. The predicted octanol–water partition coefficient (Wildman–Crippen LogP) is 3.42. The van der Waals surface area contributed by atoms with Gasteiger partial charge in [0.05, 0.1) is 0 Å². The first-order valence-electron chi connectivity index (χ1n) is 5.91. The number of aromatic hydroxyl groups is 1. The summed E-state index contributed by atoms with van der Waals surface area (Å²) in [7, 11) is 0. The fourth-order valence-electron chi connectivity index (χ4n) is 2.13. The average molecular weight is 272 g/mol. The van der Waals surface area contributed by atoms with Crippen molar-refractivity contribution in [1.29, 1.82) is 0 Å². The first-order chi connectivity index (χ1) is 8.09. The van der Waals surface area contributed by atoms with Crippen LogP contribution in [0.1, 0.15) is 25.3 Å². The van der Waals surface area contributed by atoms with Crippen molar-refractivity contribution < 1.29 is 5.11 Å². The highest BCUT2D eigenvalue weighted by molar-refractivity contribution is 8.00. The molecule has 1 aliphatic heterocycles. The Morgan fingerprint density at radius 3 is 3.06 bits per heavy atom. The minimum Gasteiger partial charge on any atom is -0.508 e. The van der Waals surface area contributed by atoms with Crippen molar-refractivity contribution in [2.24, 2.45) is 0 Å². The van der Waals surface area contributed by atoms with Gasteiger partial charge < -0.3 is 10.4 Å². The van der Waals surface area contributed by atoms with E-state index in [1.54, 1.807) is 12.1 Å². The smallest absolute Gasteiger partial charge is 0.120 e. The Labute approximate surface area is 112 Å². The molecule has 0 spiro atoms. The molecule has 2 N–H and O–H groups in total. The summed E-state index contributed by atoms with van der Waals surface area (Å²) in [6.07, 6.45) is 2.58. The SMILES string of the molecule is CC1(CNCc2cc(Cl)ccc2O)CCCS1. The van der Waals surface area contributed by atoms with Crippen molar-refractivity contribution in [3.63, 3.8) is 0 Å². The second-order valence-corrected chi connectivity index (χ2v) is 6.90. The predicted molar refractivity (Wildman–Crippen MR) is 74.9 cm³/mol. The molecule has 94 valence electrons. The number of phenols is 1. The van der Waals surface area contributed by atoms with Crippen molar-refractivity contribution in [1.82, 2.24) is 5.32 Å². The average Bonchev–Trinajstić information content (AvgIpc) is 2.71. The molecule has 4 heteroatoms. The Balaban J connectivity index is 1.87. The van der Waals surface area contributed by atoms with E-state index in [9.17, 15) is 5.11 Å². The zero-order valence-electron chi connectivity index (χ0n) is 10.0. The number of benzene rings is 1. The maximum absolute atomic E-state index is 9.69. The minimum absolute atomic E-state index is 0.311. The van der Waals surface area contributed by atoms with Gasteiger partial charge in [-0.1, -0.05) is 11.6 Å². The van der Waals surface area contributed by atoms with E-state index in [2.05, 4.69) is 12.2 Å². The van der Waals surface area contributed by atoms with Gasteiger partial charge in [0.15, 0.2) is 0 Å². The number of thioether (sulfide) groups is 1. The van der Waals surface area contributed by atoms with Crippen LogP contribution >= 0.6 is 23.4 Å². The van der Waals surface area contributed by atoms with Gasteiger partial charge in [0.25, 0.3) is 0 Å². The van der Waals surface area contributed by atoms with E-state index in [0.717, 1.165) is 12.1 Å². The maximum atomic E-state index is 9.69. The van der Waals surface area contributed by atoms with Crippen molar-refractivity contribution in [3.05, 3.63) is 28.8 Å². The largest absolute Gasteiger partial charge is 0.508 e. The van der Waals surface area contributed by atoms with E-state index >= 15 is 0 Å². The van der Waals surface area contributed by atoms with Crippen molar-refractivity contribution in [2.45, 2.75) is 31.1 Å². The van der Waals surface area contributed by atoms with Gasteiger partial charge >= 0.3 is 0 Å². The summed E-state index contributed by atoms with van der Waals surface area (Å²) >= 11 is 7.94. The third-order valence-corrected chi connectivity index (χ3v) is 4.93. The standard InChI is InChI=1S/C13H18ClNOS/c1-13(5-2-6-17-13)9-15-8-10-7-11(14)3-4-12(10)16/h3-4,7,15-16H,2,5-6,8-9H2,1H3. The molecule has 1 aromatic rings. The first kappa shape index (κ1) is 13.1. The van der Waals surface area contributed by atoms with Crippen LogP contribution in [0.2, 0.25) is 5.02 Å². The van der Waals surface area contributed by atoms with Crippen LogP contribution < -0.4 is 5.32 Å². The molecule has 2 rings (SSSR count). The molecule has 0 saturated carbocycles. The molecular weight excluding hydrogens is 254 g/mol. The third kappa shape index (κ3) is 3.54. The lowest BCUT2D eigenvalue weighted by Crippen LogP contribution is -2.32. The van der Waals surface area contributed by atoms with E-state index in [0.29, 0.717) is 22.1 Å². The van der Waals surface area contributed by atoms with Gasteiger partial charge in [-0.3, -0.25) is 0 Å². The molecule has 1 aromatic carbocycles. The van der Waals surface area contributed by atoms with Gasteiger partial charge in [-0.05, 0) is 43.7 Å². The molecule has 1 atom stereocenters. The monoisotopic (exact) mass is 271 g/mol. The van der Waals surface area contributed by atoms with Crippen LogP contribution in [0.25, 0.3) is 0 Å². The van der Waals surface area contributed by atoms with Crippen molar-refractivity contribution in [2.75, 3.05) is 12.3 Å². The molecule has 1 aliphatic rings. The highest BCUT2D eigenvalue weighted by Crippen LogP contribution is 2.37. The summed E-state index contributed by atoms with van der Waals surface area (Å²) in [5, 5.41) is 13.8. The zero-order valence-corrected chi connectivity index (χ0v) is 11.6. The quantitative estimate of drug-likeness (QED) is 0.880. The van der Waals surface area contributed by atoms with Crippen LogP contribution in [0, 0.1) is 0 Å². The molecule has 1 heterocycles. The number of nitrogens with one attached hydrogen (secondary N) is 1. The summed E-state index contributed by atoms with van der Waals surface area (Å²) in [5.74, 6) is 1.58. The van der Waals surface area contributed by atoms with Crippen LogP contribution in [0.3, 0.4) is 0 Å². The summed E-state index contributed by atoms with van der Waals surface area (Å²) in [6, 6.07) is 5.16. The molecule has 1 fully saturated rings. The molecule has 1 saturated heterocycles. The van der Waals surface area contributed by atoms with E-state index in [-0.39, 0.29) is 0 Å². The lowest BCUT2D eigenvalue weighted by molar-refractivity contribution is 0.461. The van der Waals surface area contributed by atoms with Gasteiger partial charge in [-0.2, -0.15) is 11.8 Å². The Bertz CT molecular complexity index is 391. The zero-order chi connectivity index (χ0) is 12.3. The molecule has 0 radical (unpaired) electrons. The van der Waals surface area contributed by atoms with E-state index in [4.69, 9.17) is 11.6 Å². The molecule has 0 aromatic heterocycles. The Morgan fingerprint density at radius 1 is 1.53 bits per heavy atom.